The maximum Gasteiger partial charge on any atom is 0.252 e. The topological polar surface area (TPSA) is 92.3 Å². The second kappa shape index (κ2) is 8.13. The lowest BCUT2D eigenvalue weighted by Crippen LogP contribution is -2.27. The maximum atomic E-state index is 12.0. The monoisotopic (exact) mass is 380 g/mol. The Hall–Kier alpha value is -2.38. The molecule has 0 bridgehead atoms. The van der Waals surface area contributed by atoms with Crippen LogP contribution in [0.3, 0.4) is 0 Å². The summed E-state index contributed by atoms with van der Waals surface area (Å²) in [4.78, 5) is 24.0. The van der Waals surface area contributed by atoms with E-state index in [1.807, 2.05) is 0 Å². The molecule has 0 aromatic heterocycles. The van der Waals surface area contributed by atoms with E-state index < -0.39 is 9.84 Å². The average molecular weight is 381 g/mol. The van der Waals surface area contributed by atoms with Crippen molar-refractivity contribution in [2.45, 2.75) is 11.3 Å². The Labute approximate surface area is 151 Å². The van der Waals surface area contributed by atoms with E-state index in [9.17, 15) is 18.0 Å². The highest BCUT2D eigenvalue weighted by molar-refractivity contribution is 7.90. The molecule has 0 fully saturated rings. The highest BCUT2D eigenvalue weighted by Gasteiger charge is 2.10. The fourth-order valence-corrected chi connectivity index (χ4v) is 2.89. The SMILES string of the molecule is CS(=O)(=O)c1ccc(NC(=O)CCNC(=O)c2ccccc2Cl)cc1. The highest BCUT2D eigenvalue weighted by Crippen LogP contribution is 2.15. The minimum atomic E-state index is -3.27. The van der Waals surface area contributed by atoms with Crippen molar-refractivity contribution in [3.8, 4) is 0 Å². The van der Waals surface area contributed by atoms with Crippen molar-refractivity contribution < 1.29 is 18.0 Å². The van der Waals surface area contributed by atoms with Gasteiger partial charge in [0.2, 0.25) is 5.91 Å². The van der Waals surface area contributed by atoms with E-state index in [2.05, 4.69) is 10.6 Å². The van der Waals surface area contributed by atoms with Crippen molar-refractivity contribution in [1.29, 1.82) is 0 Å². The molecule has 0 heterocycles. The van der Waals surface area contributed by atoms with Gasteiger partial charge in [0.1, 0.15) is 0 Å². The first-order valence-electron chi connectivity index (χ1n) is 7.40. The summed E-state index contributed by atoms with van der Waals surface area (Å²) in [7, 11) is -3.27. The van der Waals surface area contributed by atoms with Gasteiger partial charge < -0.3 is 10.6 Å². The third kappa shape index (κ3) is 5.58. The Morgan fingerprint density at radius 1 is 1.04 bits per heavy atom. The summed E-state index contributed by atoms with van der Waals surface area (Å²) in [6, 6.07) is 12.5. The molecule has 2 aromatic carbocycles. The molecule has 2 amide bonds. The quantitative estimate of drug-likeness (QED) is 0.805. The second-order valence-corrected chi connectivity index (χ2v) is 7.75. The van der Waals surface area contributed by atoms with E-state index in [0.717, 1.165) is 6.26 Å². The lowest BCUT2D eigenvalue weighted by atomic mass is 10.2. The Kier molecular flexibility index (Phi) is 6.17. The molecule has 0 aliphatic heterocycles. The summed E-state index contributed by atoms with van der Waals surface area (Å²) in [6.45, 7) is 0.150. The summed E-state index contributed by atoms with van der Waals surface area (Å²) >= 11 is 5.93. The van der Waals surface area contributed by atoms with Crippen LogP contribution in [0.2, 0.25) is 5.02 Å². The molecule has 0 saturated heterocycles. The summed E-state index contributed by atoms with van der Waals surface area (Å²) in [5.41, 5.74) is 0.829. The zero-order valence-corrected chi connectivity index (χ0v) is 15.0. The summed E-state index contributed by atoms with van der Waals surface area (Å²) < 4.78 is 22.8. The molecule has 2 N–H and O–H groups in total. The molecule has 0 spiro atoms. The number of hydrogen-bond donors (Lipinski definition) is 2. The molecule has 0 unspecified atom stereocenters. The largest absolute Gasteiger partial charge is 0.351 e. The van der Waals surface area contributed by atoms with Crippen molar-refractivity contribution in [3.05, 3.63) is 59.1 Å². The Balaban J connectivity index is 1.83. The van der Waals surface area contributed by atoms with Crippen LogP contribution in [-0.4, -0.2) is 33.0 Å². The molecule has 132 valence electrons. The molecule has 2 aromatic rings. The fraction of sp³-hybridized carbons (Fsp3) is 0.176. The van der Waals surface area contributed by atoms with Crippen molar-refractivity contribution in [2.24, 2.45) is 0 Å². The highest BCUT2D eigenvalue weighted by atomic mass is 35.5. The van der Waals surface area contributed by atoms with E-state index in [1.165, 1.54) is 24.3 Å². The van der Waals surface area contributed by atoms with Crippen LogP contribution in [0, 0.1) is 0 Å². The van der Waals surface area contributed by atoms with Gasteiger partial charge in [-0.1, -0.05) is 23.7 Å². The number of carbonyl (C=O) groups is 2. The van der Waals surface area contributed by atoms with Gasteiger partial charge in [-0.05, 0) is 36.4 Å². The number of nitrogens with one attached hydrogen (secondary N) is 2. The number of rotatable bonds is 6. The van der Waals surface area contributed by atoms with E-state index >= 15 is 0 Å². The minimum Gasteiger partial charge on any atom is -0.351 e. The zero-order chi connectivity index (χ0) is 18.4. The molecule has 6 nitrogen and oxygen atoms in total. The van der Waals surface area contributed by atoms with Gasteiger partial charge in [-0.2, -0.15) is 0 Å². The van der Waals surface area contributed by atoms with E-state index in [1.54, 1.807) is 24.3 Å². The van der Waals surface area contributed by atoms with Crippen LogP contribution in [0.25, 0.3) is 0 Å². The molecule has 25 heavy (non-hydrogen) atoms. The van der Waals surface area contributed by atoms with Gasteiger partial charge in [0, 0.05) is 24.9 Å². The van der Waals surface area contributed by atoms with Crippen LogP contribution in [0.1, 0.15) is 16.8 Å². The molecule has 0 saturated carbocycles. The van der Waals surface area contributed by atoms with Crippen molar-refractivity contribution in [3.63, 3.8) is 0 Å². The number of carbonyl (C=O) groups excluding carboxylic acids is 2. The number of anilines is 1. The zero-order valence-electron chi connectivity index (χ0n) is 13.5. The van der Waals surface area contributed by atoms with Gasteiger partial charge in [-0.25, -0.2) is 8.42 Å². The predicted molar refractivity (Wildman–Crippen MR) is 96.6 cm³/mol. The molecule has 8 heteroatoms. The molecule has 0 aliphatic rings. The van der Waals surface area contributed by atoms with Crippen LogP contribution in [0.15, 0.2) is 53.4 Å². The van der Waals surface area contributed by atoms with Gasteiger partial charge in [-0.15, -0.1) is 0 Å². The summed E-state index contributed by atoms with van der Waals surface area (Å²) in [6.07, 6.45) is 1.19. The van der Waals surface area contributed by atoms with Gasteiger partial charge >= 0.3 is 0 Å². The number of amides is 2. The summed E-state index contributed by atoms with van der Waals surface area (Å²) in [5, 5.41) is 5.60. The van der Waals surface area contributed by atoms with E-state index in [4.69, 9.17) is 11.6 Å². The first-order chi connectivity index (χ1) is 11.8. The fourth-order valence-electron chi connectivity index (χ4n) is 2.04. The van der Waals surface area contributed by atoms with Gasteiger partial charge in [0.25, 0.3) is 5.91 Å². The molecule has 2 rings (SSSR count). The smallest absolute Gasteiger partial charge is 0.252 e. The normalized spacial score (nSPS) is 11.0. The predicted octanol–water partition coefficient (Wildman–Crippen LogP) is 2.50. The van der Waals surface area contributed by atoms with Gasteiger partial charge in [0.15, 0.2) is 9.84 Å². The Morgan fingerprint density at radius 3 is 2.28 bits per heavy atom. The maximum absolute atomic E-state index is 12.0. The standard InChI is InChI=1S/C17H17ClN2O4S/c1-25(23,24)13-8-6-12(7-9-13)20-16(21)10-11-19-17(22)14-4-2-3-5-15(14)18/h2-9H,10-11H2,1H3,(H,19,22)(H,20,21). The third-order valence-corrected chi connectivity index (χ3v) is 4.78. The minimum absolute atomic E-state index is 0.0734. The van der Waals surface area contributed by atoms with Crippen molar-refractivity contribution >= 4 is 38.9 Å². The van der Waals surface area contributed by atoms with Gasteiger partial charge in [0.05, 0.1) is 15.5 Å². The first kappa shape index (κ1) is 19.0. The van der Waals surface area contributed by atoms with Crippen LogP contribution in [-0.2, 0) is 14.6 Å². The number of hydrogen-bond acceptors (Lipinski definition) is 4. The second-order valence-electron chi connectivity index (χ2n) is 5.33. The van der Waals surface area contributed by atoms with Crippen molar-refractivity contribution in [1.82, 2.24) is 5.32 Å². The molecule has 0 radical (unpaired) electrons. The number of halogens is 1. The van der Waals surface area contributed by atoms with E-state index in [0.29, 0.717) is 16.3 Å². The van der Waals surface area contributed by atoms with Crippen molar-refractivity contribution in [2.75, 3.05) is 18.1 Å². The van der Waals surface area contributed by atoms with Crippen LogP contribution < -0.4 is 10.6 Å². The Bertz CT molecular complexity index is 880. The number of benzene rings is 2. The average Bonchev–Trinajstić information content (AvgIpc) is 2.54. The van der Waals surface area contributed by atoms with Crippen LogP contribution >= 0.6 is 11.6 Å². The molecular weight excluding hydrogens is 364 g/mol. The van der Waals surface area contributed by atoms with E-state index in [-0.39, 0.29) is 29.7 Å². The lowest BCUT2D eigenvalue weighted by molar-refractivity contribution is -0.116. The Morgan fingerprint density at radius 2 is 1.68 bits per heavy atom. The summed E-state index contributed by atoms with van der Waals surface area (Å²) in [5.74, 6) is -0.650. The molecule has 0 atom stereocenters. The lowest BCUT2D eigenvalue weighted by Gasteiger charge is -2.08. The van der Waals surface area contributed by atoms with Gasteiger partial charge in [-0.3, -0.25) is 9.59 Å². The number of sulfone groups is 1. The molecule has 0 aliphatic carbocycles. The van der Waals surface area contributed by atoms with Crippen LogP contribution in [0.4, 0.5) is 5.69 Å². The van der Waals surface area contributed by atoms with Crippen LogP contribution in [0.5, 0.6) is 0 Å². The first-order valence-corrected chi connectivity index (χ1v) is 9.67. The molecular formula is C17H17ClN2O4S. The third-order valence-electron chi connectivity index (χ3n) is 3.32.